The SMILES string of the molecule is CCCN1C(=O)c2ccccc2N[C@H]1c1ccc(Br)c([N+](=O)[O-])c1. The van der Waals surface area contributed by atoms with Crippen LogP contribution in [0.15, 0.2) is 46.9 Å². The number of amides is 1. The number of para-hydroxylation sites is 1. The van der Waals surface area contributed by atoms with Gasteiger partial charge >= 0.3 is 0 Å². The van der Waals surface area contributed by atoms with E-state index in [9.17, 15) is 14.9 Å². The maximum Gasteiger partial charge on any atom is 0.283 e. The number of anilines is 1. The summed E-state index contributed by atoms with van der Waals surface area (Å²) in [6, 6.07) is 12.3. The van der Waals surface area contributed by atoms with Crippen LogP contribution in [0.5, 0.6) is 0 Å². The maximum absolute atomic E-state index is 12.8. The number of fused-ring (bicyclic) bond motifs is 1. The Morgan fingerprint density at radius 3 is 2.75 bits per heavy atom. The highest BCUT2D eigenvalue weighted by Gasteiger charge is 2.33. The monoisotopic (exact) mass is 389 g/mol. The largest absolute Gasteiger partial charge is 0.361 e. The van der Waals surface area contributed by atoms with E-state index < -0.39 is 11.1 Å². The fourth-order valence-corrected chi connectivity index (χ4v) is 3.26. The lowest BCUT2D eigenvalue weighted by atomic mass is 10.0. The molecule has 6 nitrogen and oxygen atoms in total. The number of carbonyl (C=O) groups excluding carboxylic acids is 1. The summed E-state index contributed by atoms with van der Waals surface area (Å²) in [6.07, 6.45) is 0.365. The van der Waals surface area contributed by atoms with Gasteiger partial charge in [-0.15, -0.1) is 0 Å². The highest BCUT2D eigenvalue weighted by Crippen LogP contribution is 2.35. The highest BCUT2D eigenvalue weighted by atomic mass is 79.9. The second-order valence-electron chi connectivity index (χ2n) is 5.56. The summed E-state index contributed by atoms with van der Waals surface area (Å²) >= 11 is 3.20. The van der Waals surface area contributed by atoms with Gasteiger partial charge < -0.3 is 10.2 Å². The van der Waals surface area contributed by atoms with Gasteiger partial charge in [-0.3, -0.25) is 14.9 Å². The van der Waals surface area contributed by atoms with Crippen LogP contribution in [-0.2, 0) is 0 Å². The molecule has 0 bridgehead atoms. The molecule has 7 heteroatoms. The van der Waals surface area contributed by atoms with E-state index in [1.807, 2.05) is 25.1 Å². The smallest absolute Gasteiger partial charge is 0.283 e. The lowest BCUT2D eigenvalue weighted by Gasteiger charge is -2.38. The van der Waals surface area contributed by atoms with Crippen LogP contribution in [0.25, 0.3) is 0 Å². The van der Waals surface area contributed by atoms with Crippen LogP contribution in [0.1, 0.15) is 35.4 Å². The molecule has 0 aromatic heterocycles. The molecule has 1 aliphatic heterocycles. The van der Waals surface area contributed by atoms with Gasteiger partial charge in [-0.2, -0.15) is 0 Å². The zero-order valence-electron chi connectivity index (χ0n) is 13.0. The van der Waals surface area contributed by atoms with E-state index in [4.69, 9.17) is 0 Å². The summed E-state index contributed by atoms with van der Waals surface area (Å²) in [5.41, 5.74) is 2.03. The fraction of sp³-hybridized carbons (Fsp3) is 0.235. The molecule has 0 saturated carbocycles. The summed E-state index contributed by atoms with van der Waals surface area (Å²) < 4.78 is 0.417. The molecule has 1 atom stereocenters. The van der Waals surface area contributed by atoms with Gasteiger partial charge in [-0.05, 0) is 40.5 Å². The number of hydrogen-bond acceptors (Lipinski definition) is 4. The van der Waals surface area contributed by atoms with Crippen LogP contribution in [0.3, 0.4) is 0 Å². The molecule has 1 aliphatic rings. The molecular weight excluding hydrogens is 374 g/mol. The van der Waals surface area contributed by atoms with Crippen molar-refractivity contribution in [1.29, 1.82) is 0 Å². The van der Waals surface area contributed by atoms with Gasteiger partial charge in [0.25, 0.3) is 11.6 Å². The Morgan fingerprint density at radius 1 is 1.29 bits per heavy atom. The quantitative estimate of drug-likeness (QED) is 0.623. The molecule has 0 spiro atoms. The van der Waals surface area contributed by atoms with Crippen LogP contribution in [0.4, 0.5) is 11.4 Å². The van der Waals surface area contributed by atoms with Crippen LogP contribution in [0, 0.1) is 10.1 Å². The normalized spacial score (nSPS) is 16.5. The average molecular weight is 390 g/mol. The number of benzene rings is 2. The zero-order chi connectivity index (χ0) is 17.3. The highest BCUT2D eigenvalue weighted by molar-refractivity contribution is 9.10. The van der Waals surface area contributed by atoms with E-state index >= 15 is 0 Å². The van der Waals surface area contributed by atoms with E-state index in [1.165, 1.54) is 6.07 Å². The molecule has 1 heterocycles. The van der Waals surface area contributed by atoms with Crippen molar-refractivity contribution < 1.29 is 9.72 Å². The summed E-state index contributed by atoms with van der Waals surface area (Å²) in [5, 5.41) is 14.5. The van der Waals surface area contributed by atoms with Gasteiger partial charge in [-0.1, -0.05) is 25.1 Å². The minimum Gasteiger partial charge on any atom is -0.361 e. The van der Waals surface area contributed by atoms with Crippen molar-refractivity contribution >= 4 is 33.2 Å². The van der Waals surface area contributed by atoms with Crippen molar-refractivity contribution in [3.8, 4) is 0 Å². The molecular formula is C17H16BrN3O3. The van der Waals surface area contributed by atoms with Crippen molar-refractivity contribution in [2.24, 2.45) is 0 Å². The van der Waals surface area contributed by atoms with E-state index in [1.54, 1.807) is 23.1 Å². The van der Waals surface area contributed by atoms with Crippen molar-refractivity contribution in [2.45, 2.75) is 19.5 Å². The fourth-order valence-electron chi connectivity index (χ4n) is 2.87. The van der Waals surface area contributed by atoms with E-state index in [0.29, 0.717) is 22.1 Å². The molecule has 0 saturated heterocycles. The molecule has 1 amide bonds. The molecule has 124 valence electrons. The molecule has 0 aliphatic carbocycles. The first kappa shape index (κ1) is 16.4. The number of halogens is 1. The van der Waals surface area contributed by atoms with Gasteiger partial charge in [0.05, 0.1) is 15.0 Å². The Kier molecular flexibility index (Phi) is 4.53. The zero-order valence-corrected chi connectivity index (χ0v) is 14.6. The lowest BCUT2D eigenvalue weighted by Crippen LogP contribution is -2.43. The molecule has 0 unspecified atom stereocenters. The third-order valence-corrected chi connectivity index (χ3v) is 4.64. The Balaban J connectivity index is 2.07. The Bertz CT molecular complexity index is 809. The van der Waals surface area contributed by atoms with Crippen LogP contribution in [-0.4, -0.2) is 22.3 Å². The number of nitro benzene ring substituents is 1. The standard InChI is InChI=1S/C17H16BrN3O3/c1-2-9-20-16(11-7-8-13(18)15(10-11)21(23)24)19-14-6-4-3-5-12(14)17(20)22/h3-8,10,16,19H,2,9H2,1H3/t16-/m1/s1. The summed E-state index contributed by atoms with van der Waals surface area (Å²) in [4.78, 5) is 25.3. The van der Waals surface area contributed by atoms with Crippen molar-refractivity contribution in [3.05, 3.63) is 68.2 Å². The third kappa shape index (κ3) is 2.87. The van der Waals surface area contributed by atoms with Gasteiger partial charge in [0.15, 0.2) is 0 Å². The summed E-state index contributed by atoms with van der Waals surface area (Å²) in [7, 11) is 0. The maximum atomic E-state index is 12.8. The van der Waals surface area contributed by atoms with Crippen LogP contribution in [0.2, 0.25) is 0 Å². The number of hydrogen-bond donors (Lipinski definition) is 1. The predicted molar refractivity (Wildman–Crippen MR) is 94.9 cm³/mol. The topological polar surface area (TPSA) is 75.5 Å². The minimum atomic E-state index is -0.434. The number of rotatable bonds is 4. The molecule has 1 N–H and O–H groups in total. The van der Waals surface area contributed by atoms with Gasteiger partial charge in [0.1, 0.15) is 6.17 Å². The first-order chi connectivity index (χ1) is 11.5. The number of carbonyl (C=O) groups is 1. The average Bonchev–Trinajstić information content (AvgIpc) is 2.57. The molecule has 24 heavy (non-hydrogen) atoms. The van der Waals surface area contributed by atoms with Gasteiger partial charge in [0.2, 0.25) is 0 Å². The Morgan fingerprint density at radius 2 is 2.04 bits per heavy atom. The van der Waals surface area contributed by atoms with Gasteiger partial charge in [-0.25, -0.2) is 0 Å². The van der Waals surface area contributed by atoms with Gasteiger partial charge in [0, 0.05) is 23.9 Å². The van der Waals surface area contributed by atoms with Crippen molar-refractivity contribution in [1.82, 2.24) is 4.90 Å². The summed E-state index contributed by atoms with van der Waals surface area (Å²) in [5.74, 6) is -0.0678. The minimum absolute atomic E-state index is 0.0166. The third-order valence-electron chi connectivity index (χ3n) is 3.97. The lowest BCUT2D eigenvalue weighted by molar-refractivity contribution is -0.385. The molecule has 3 rings (SSSR count). The molecule has 2 aromatic rings. The number of nitrogens with one attached hydrogen (secondary N) is 1. The van der Waals surface area contributed by atoms with E-state index in [0.717, 1.165) is 12.1 Å². The Labute approximate surface area is 147 Å². The first-order valence-electron chi connectivity index (χ1n) is 7.63. The summed E-state index contributed by atoms with van der Waals surface area (Å²) in [6.45, 7) is 2.56. The second kappa shape index (κ2) is 6.60. The van der Waals surface area contributed by atoms with Crippen LogP contribution >= 0.6 is 15.9 Å². The van der Waals surface area contributed by atoms with E-state index in [2.05, 4.69) is 21.2 Å². The van der Waals surface area contributed by atoms with Crippen molar-refractivity contribution in [3.63, 3.8) is 0 Å². The predicted octanol–water partition coefficient (Wildman–Crippen LogP) is 4.33. The molecule has 0 radical (unpaired) electrons. The Hall–Kier alpha value is -2.41. The molecule has 2 aromatic carbocycles. The molecule has 0 fully saturated rings. The number of nitrogens with zero attached hydrogens (tertiary/aromatic N) is 2. The van der Waals surface area contributed by atoms with Crippen molar-refractivity contribution in [2.75, 3.05) is 11.9 Å². The van der Waals surface area contributed by atoms with Crippen LogP contribution < -0.4 is 5.32 Å². The second-order valence-corrected chi connectivity index (χ2v) is 6.41. The first-order valence-corrected chi connectivity index (χ1v) is 8.42. The van der Waals surface area contributed by atoms with E-state index in [-0.39, 0.29) is 11.6 Å². The number of nitro groups is 1.